The average Bonchev–Trinajstić information content (AvgIpc) is 3.19. The molecule has 0 spiro atoms. The van der Waals surface area contributed by atoms with Gasteiger partial charge in [0.25, 0.3) is 11.5 Å². The third kappa shape index (κ3) is 4.51. The molecule has 180 valence electrons. The topological polar surface area (TPSA) is 72.7 Å². The van der Waals surface area contributed by atoms with Crippen molar-refractivity contribution in [2.75, 3.05) is 12.4 Å². The lowest BCUT2D eigenvalue weighted by Gasteiger charge is -2.25. The minimum Gasteiger partial charge on any atom is -0.497 e. The van der Waals surface area contributed by atoms with Crippen LogP contribution in [0.4, 0.5) is 5.69 Å². The van der Waals surface area contributed by atoms with E-state index in [9.17, 15) is 9.59 Å². The molecule has 0 saturated heterocycles. The SMILES string of the molecule is COc1ccc(C2C(C(=O)Nc3ccccc3)=C(C)N=c3sc(=Cc4ccccc4Cl)c(=O)n32)cc1. The zero-order chi connectivity index (χ0) is 25.2. The number of thiazole rings is 1. The van der Waals surface area contributed by atoms with E-state index in [0.29, 0.717) is 37.1 Å². The normalized spacial score (nSPS) is 15.3. The summed E-state index contributed by atoms with van der Waals surface area (Å²) in [5.41, 5.74) is 2.89. The van der Waals surface area contributed by atoms with Crippen LogP contribution < -0.4 is 24.9 Å². The summed E-state index contributed by atoms with van der Waals surface area (Å²) in [6.07, 6.45) is 1.76. The van der Waals surface area contributed by atoms with Crippen molar-refractivity contribution in [3.63, 3.8) is 0 Å². The Balaban J connectivity index is 1.68. The Hall–Kier alpha value is -3.94. The first kappa shape index (κ1) is 23.8. The number of methoxy groups -OCH3 is 1. The second kappa shape index (κ2) is 9.97. The van der Waals surface area contributed by atoms with Gasteiger partial charge in [0, 0.05) is 10.7 Å². The molecule has 0 fully saturated rings. The summed E-state index contributed by atoms with van der Waals surface area (Å²) >= 11 is 7.61. The lowest BCUT2D eigenvalue weighted by atomic mass is 9.95. The number of nitrogens with one attached hydrogen (secondary N) is 1. The second-order valence-corrected chi connectivity index (χ2v) is 9.61. The molecule has 1 N–H and O–H groups in total. The van der Waals surface area contributed by atoms with E-state index in [0.717, 1.165) is 11.1 Å². The molecule has 0 aliphatic carbocycles. The molecule has 1 unspecified atom stereocenters. The fourth-order valence-electron chi connectivity index (χ4n) is 4.17. The largest absolute Gasteiger partial charge is 0.497 e. The Kier molecular flexibility index (Phi) is 6.59. The quantitative estimate of drug-likeness (QED) is 0.424. The molecule has 1 aliphatic rings. The highest BCUT2D eigenvalue weighted by Crippen LogP contribution is 2.31. The molecule has 1 atom stereocenters. The van der Waals surface area contributed by atoms with Crippen molar-refractivity contribution in [3.05, 3.63) is 126 Å². The molecule has 36 heavy (non-hydrogen) atoms. The van der Waals surface area contributed by atoms with Gasteiger partial charge in [0.05, 0.1) is 29.0 Å². The van der Waals surface area contributed by atoms with E-state index in [4.69, 9.17) is 16.3 Å². The summed E-state index contributed by atoms with van der Waals surface area (Å²) in [4.78, 5) is 32.5. The van der Waals surface area contributed by atoms with Crippen LogP contribution in [0.25, 0.3) is 6.08 Å². The molecule has 1 aromatic heterocycles. The lowest BCUT2D eigenvalue weighted by Crippen LogP contribution is -2.40. The number of hydrogen-bond acceptors (Lipinski definition) is 5. The highest BCUT2D eigenvalue weighted by atomic mass is 35.5. The number of halogens is 1. The van der Waals surface area contributed by atoms with Crippen LogP contribution in [0.1, 0.15) is 24.1 Å². The van der Waals surface area contributed by atoms with Crippen LogP contribution in [0.2, 0.25) is 5.02 Å². The standard InChI is InChI=1S/C28H22ClN3O3S/c1-17-24(26(33)31-20-9-4-3-5-10-20)25(18-12-14-21(35-2)15-13-18)32-27(34)23(36-28(32)30-17)16-19-8-6-7-11-22(19)29/h3-16,25H,1-2H3,(H,31,33). The molecule has 0 saturated carbocycles. The monoisotopic (exact) mass is 515 g/mol. The van der Waals surface area contributed by atoms with Crippen LogP contribution in [0.3, 0.4) is 0 Å². The van der Waals surface area contributed by atoms with Gasteiger partial charge >= 0.3 is 0 Å². The van der Waals surface area contributed by atoms with Crippen LogP contribution in [0, 0.1) is 0 Å². The van der Waals surface area contributed by atoms with Crippen molar-refractivity contribution in [2.24, 2.45) is 4.99 Å². The van der Waals surface area contributed by atoms with Crippen LogP contribution in [-0.4, -0.2) is 17.6 Å². The number of hydrogen-bond donors (Lipinski definition) is 1. The third-order valence-corrected chi connectivity index (χ3v) is 7.25. The molecule has 1 amide bonds. The maximum absolute atomic E-state index is 13.7. The van der Waals surface area contributed by atoms with Crippen molar-refractivity contribution in [3.8, 4) is 5.75 Å². The first-order valence-electron chi connectivity index (χ1n) is 11.2. The number of ether oxygens (including phenoxy) is 1. The Morgan fingerprint density at radius 2 is 1.75 bits per heavy atom. The van der Waals surface area contributed by atoms with E-state index < -0.39 is 6.04 Å². The molecule has 0 radical (unpaired) electrons. The lowest BCUT2D eigenvalue weighted by molar-refractivity contribution is -0.113. The molecular weight excluding hydrogens is 494 g/mol. The fraction of sp³-hybridized carbons (Fsp3) is 0.107. The summed E-state index contributed by atoms with van der Waals surface area (Å²) in [5.74, 6) is 0.365. The zero-order valence-electron chi connectivity index (χ0n) is 19.6. The maximum atomic E-state index is 13.7. The molecule has 2 heterocycles. The molecule has 1 aliphatic heterocycles. The van der Waals surface area contributed by atoms with Crippen molar-refractivity contribution >= 4 is 40.6 Å². The Morgan fingerprint density at radius 1 is 1.06 bits per heavy atom. The van der Waals surface area contributed by atoms with Crippen molar-refractivity contribution in [1.82, 2.24) is 4.57 Å². The molecule has 6 nitrogen and oxygen atoms in total. The van der Waals surface area contributed by atoms with E-state index in [-0.39, 0.29) is 11.5 Å². The number of fused-ring (bicyclic) bond motifs is 1. The number of amides is 1. The summed E-state index contributed by atoms with van der Waals surface area (Å²) in [6.45, 7) is 1.79. The van der Waals surface area contributed by atoms with Crippen LogP contribution in [0.5, 0.6) is 5.75 Å². The van der Waals surface area contributed by atoms with E-state index >= 15 is 0 Å². The number of benzene rings is 3. The van der Waals surface area contributed by atoms with E-state index in [1.807, 2.05) is 72.8 Å². The van der Waals surface area contributed by atoms with Crippen molar-refractivity contribution in [2.45, 2.75) is 13.0 Å². The highest BCUT2D eigenvalue weighted by molar-refractivity contribution is 7.07. The molecule has 5 rings (SSSR count). The van der Waals surface area contributed by atoms with Gasteiger partial charge in [-0.15, -0.1) is 0 Å². The molecule has 8 heteroatoms. The number of aromatic nitrogens is 1. The number of nitrogens with zero attached hydrogens (tertiary/aromatic N) is 2. The van der Waals surface area contributed by atoms with Crippen LogP contribution in [0.15, 0.2) is 99.9 Å². The fourth-order valence-corrected chi connectivity index (χ4v) is 5.39. The summed E-state index contributed by atoms with van der Waals surface area (Å²) in [6, 6.07) is 23.2. The minimum absolute atomic E-state index is 0.239. The molecule has 0 bridgehead atoms. The van der Waals surface area contributed by atoms with Gasteiger partial charge in [0.15, 0.2) is 4.80 Å². The van der Waals surface area contributed by atoms with Gasteiger partial charge in [0.1, 0.15) is 5.75 Å². The van der Waals surface area contributed by atoms with Gasteiger partial charge < -0.3 is 10.1 Å². The number of carbonyl (C=O) groups excluding carboxylic acids is 1. The second-order valence-electron chi connectivity index (χ2n) is 8.20. The molecule has 4 aromatic rings. The van der Waals surface area contributed by atoms with E-state index in [1.54, 1.807) is 30.7 Å². The summed E-state index contributed by atoms with van der Waals surface area (Å²) in [7, 11) is 1.59. The van der Waals surface area contributed by atoms with Crippen molar-refractivity contribution < 1.29 is 9.53 Å². The van der Waals surface area contributed by atoms with Gasteiger partial charge in [-0.05, 0) is 54.5 Å². The van der Waals surface area contributed by atoms with Gasteiger partial charge in [0.2, 0.25) is 0 Å². The smallest absolute Gasteiger partial charge is 0.271 e. The Morgan fingerprint density at radius 3 is 2.44 bits per heavy atom. The third-order valence-electron chi connectivity index (χ3n) is 5.92. The number of carbonyl (C=O) groups is 1. The zero-order valence-corrected chi connectivity index (χ0v) is 21.1. The number of para-hydroxylation sites is 1. The number of rotatable bonds is 5. The van der Waals surface area contributed by atoms with E-state index in [1.165, 1.54) is 11.3 Å². The van der Waals surface area contributed by atoms with Crippen LogP contribution in [-0.2, 0) is 4.79 Å². The minimum atomic E-state index is -0.663. The van der Waals surface area contributed by atoms with Crippen molar-refractivity contribution in [1.29, 1.82) is 0 Å². The maximum Gasteiger partial charge on any atom is 0.271 e. The summed E-state index contributed by atoms with van der Waals surface area (Å²) < 4.78 is 7.38. The van der Waals surface area contributed by atoms with Crippen LogP contribution >= 0.6 is 22.9 Å². The molecular formula is C28H22ClN3O3S. The average molecular weight is 516 g/mol. The number of allylic oxidation sites excluding steroid dienone is 1. The highest BCUT2D eigenvalue weighted by Gasteiger charge is 2.32. The predicted octanol–water partition coefficient (Wildman–Crippen LogP) is 4.54. The first-order chi connectivity index (χ1) is 17.5. The Labute approximate surface area is 216 Å². The van der Waals surface area contributed by atoms with Gasteiger partial charge in [-0.1, -0.05) is 71.5 Å². The van der Waals surface area contributed by atoms with Gasteiger partial charge in [-0.2, -0.15) is 0 Å². The summed E-state index contributed by atoms with van der Waals surface area (Å²) in [5, 5.41) is 3.50. The predicted molar refractivity (Wildman–Crippen MR) is 143 cm³/mol. The van der Waals surface area contributed by atoms with E-state index in [2.05, 4.69) is 10.3 Å². The Bertz CT molecular complexity index is 1650. The first-order valence-corrected chi connectivity index (χ1v) is 12.4. The molecule has 3 aromatic carbocycles. The number of anilines is 1. The van der Waals surface area contributed by atoms with Gasteiger partial charge in [-0.25, -0.2) is 4.99 Å². The van der Waals surface area contributed by atoms with Gasteiger partial charge in [-0.3, -0.25) is 14.2 Å².